The largest absolute Gasteiger partial charge is 0.390 e. The third kappa shape index (κ3) is 5.02. The van der Waals surface area contributed by atoms with Crippen molar-refractivity contribution in [3.8, 4) is 11.3 Å². The van der Waals surface area contributed by atoms with Crippen LogP contribution < -0.4 is 5.32 Å². The molecule has 0 radical (unpaired) electrons. The van der Waals surface area contributed by atoms with Gasteiger partial charge in [-0.1, -0.05) is 30.7 Å². The average Bonchev–Trinajstić information content (AvgIpc) is 3.13. The number of halogens is 3. The predicted molar refractivity (Wildman–Crippen MR) is 123 cm³/mol. The molecule has 0 saturated carbocycles. The van der Waals surface area contributed by atoms with Gasteiger partial charge in [0.25, 0.3) is 0 Å². The lowest BCUT2D eigenvalue weighted by molar-refractivity contribution is -0.137. The van der Waals surface area contributed by atoms with Gasteiger partial charge in [0.2, 0.25) is 5.91 Å². The lowest BCUT2D eigenvalue weighted by Crippen LogP contribution is -2.42. The maximum Gasteiger partial charge on any atom is 0.225 e. The molecule has 0 spiro atoms. The Morgan fingerprint density at radius 1 is 1.24 bits per heavy atom. The summed E-state index contributed by atoms with van der Waals surface area (Å²) in [6.07, 6.45) is 0.493. The Balaban J connectivity index is 1.70. The van der Waals surface area contributed by atoms with Crippen LogP contribution in [-0.4, -0.2) is 37.6 Å². The van der Waals surface area contributed by atoms with E-state index in [0.717, 1.165) is 0 Å². The van der Waals surface area contributed by atoms with Crippen LogP contribution in [0.1, 0.15) is 32.5 Å². The molecule has 6 nitrogen and oxygen atoms in total. The fourth-order valence-corrected chi connectivity index (χ4v) is 3.90. The highest BCUT2D eigenvalue weighted by Gasteiger charge is 2.30. The molecule has 0 aliphatic carbocycles. The van der Waals surface area contributed by atoms with Gasteiger partial charge in [0, 0.05) is 24.3 Å². The van der Waals surface area contributed by atoms with E-state index in [4.69, 9.17) is 16.6 Å². The number of nitrogens with zero attached hydrogens (tertiary/aromatic N) is 3. The van der Waals surface area contributed by atoms with Gasteiger partial charge in [0.1, 0.15) is 29.0 Å². The molecule has 0 bridgehead atoms. The molecule has 1 aromatic heterocycles. The van der Waals surface area contributed by atoms with Gasteiger partial charge in [0.15, 0.2) is 0 Å². The van der Waals surface area contributed by atoms with Gasteiger partial charge < -0.3 is 19.9 Å². The second-order valence-corrected chi connectivity index (χ2v) is 8.89. The van der Waals surface area contributed by atoms with Crippen molar-refractivity contribution < 1.29 is 18.7 Å². The quantitative estimate of drug-likeness (QED) is 0.520. The monoisotopic (exact) mass is 474 g/mol. The topological polar surface area (TPSA) is 70.4 Å². The number of carbonyl (C=O) groups is 1. The minimum absolute atomic E-state index is 0.0123. The van der Waals surface area contributed by atoms with Gasteiger partial charge in [0.05, 0.1) is 23.6 Å². The normalized spacial score (nSPS) is 15.2. The maximum absolute atomic E-state index is 14.0. The van der Waals surface area contributed by atoms with Crippen molar-refractivity contribution in [2.75, 3.05) is 11.9 Å². The Kier molecular flexibility index (Phi) is 6.41. The number of rotatable bonds is 6. The number of nitrogens with one attached hydrogen (secondary N) is 1. The molecule has 174 valence electrons. The molecule has 1 aliphatic rings. The number of anilines is 2. The molecule has 1 aliphatic heterocycles. The van der Waals surface area contributed by atoms with Crippen molar-refractivity contribution in [2.24, 2.45) is 0 Å². The van der Waals surface area contributed by atoms with Crippen molar-refractivity contribution in [1.82, 2.24) is 14.5 Å². The molecule has 2 aromatic carbocycles. The van der Waals surface area contributed by atoms with Crippen molar-refractivity contribution >= 4 is 29.0 Å². The number of amides is 1. The lowest BCUT2D eigenvalue weighted by Gasteiger charge is -2.31. The number of imidazole rings is 1. The van der Waals surface area contributed by atoms with Crippen LogP contribution in [0.5, 0.6) is 0 Å². The van der Waals surface area contributed by atoms with Crippen LogP contribution in [0.4, 0.5) is 20.3 Å². The lowest BCUT2D eigenvalue weighted by atomic mass is 9.98. The smallest absolute Gasteiger partial charge is 0.225 e. The number of hydrogen-bond donors (Lipinski definition) is 2. The van der Waals surface area contributed by atoms with Gasteiger partial charge in [-0.15, -0.1) is 0 Å². The first-order chi connectivity index (χ1) is 15.7. The summed E-state index contributed by atoms with van der Waals surface area (Å²) in [7, 11) is 0. The highest BCUT2D eigenvalue weighted by molar-refractivity contribution is 6.30. The molecule has 0 saturated heterocycles. The van der Waals surface area contributed by atoms with Gasteiger partial charge in [-0.3, -0.25) is 4.79 Å². The Morgan fingerprint density at radius 3 is 2.73 bits per heavy atom. The van der Waals surface area contributed by atoms with E-state index in [9.17, 15) is 18.7 Å². The van der Waals surface area contributed by atoms with E-state index in [1.54, 1.807) is 30.0 Å². The van der Waals surface area contributed by atoms with Crippen LogP contribution in [0.2, 0.25) is 5.02 Å². The average molecular weight is 475 g/mol. The van der Waals surface area contributed by atoms with Crippen molar-refractivity contribution in [2.45, 2.75) is 45.4 Å². The van der Waals surface area contributed by atoms with Crippen LogP contribution in [0.25, 0.3) is 11.3 Å². The van der Waals surface area contributed by atoms with E-state index in [1.807, 2.05) is 11.5 Å². The second kappa shape index (κ2) is 9.11. The van der Waals surface area contributed by atoms with E-state index in [-0.39, 0.29) is 23.9 Å². The zero-order valence-electron chi connectivity index (χ0n) is 18.4. The Hall–Kier alpha value is -2.97. The molecule has 4 rings (SSSR count). The predicted octanol–water partition coefficient (Wildman–Crippen LogP) is 5.12. The Labute approximate surface area is 195 Å². The summed E-state index contributed by atoms with van der Waals surface area (Å²) in [6.45, 7) is 4.59. The second-order valence-electron chi connectivity index (χ2n) is 8.48. The first-order valence-corrected chi connectivity index (χ1v) is 11.1. The standard InChI is InChI=1S/C24H25ClF2N4O2/c1-3-24(2,33)13-21(32)30-9-10-31-20(14-30)29-22(15-5-4-6-16(26)11-15)23(31)28-17-7-8-18(25)19(27)12-17/h4-8,11-12,28,33H,3,9-10,13-14H2,1-2H3. The zero-order chi connectivity index (χ0) is 23.8. The van der Waals surface area contributed by atoms with E-state index < -0.39 is 17.2 Å². The first-order valence-electron chi connectivity index (χ1n) is 10.7. The van der Waals surface area contributed by atoms with Crippen LogP contribution >= 0.6 is 11.6 Å². The fraction of sp³-hybridized carbons (Fsp3) is 0.333. The Bertz CT molecular complexity index is 1200. The Morgan fingerprint density at radius 2 is 2.03 bits per heavy atom. The molecule has 1 unspecified atom stereocenters. The summed E-state index contributed by atoms with van der Waals surface area (Å²) in [5, 5.41) is 13.5. The summed E-state index contributed by atoms with van der Waals surface area (Å²) in [4.78, 5) is 19.1. The van der Waals surface area contributed by atoms with Gasteiger partial charge in [-0.2, -0.15) is 0 Å². The first kappa shape index (κ1) is 23.2. The van der Waals surface area contributed by atoms with Crippen LogP contribution in [-0.2, 0) is 17.9 Å². The molecule has 3 aromatic rings. The molecule has 2 heterocycles. The number of aliphatic hydroxyl groups is 1. The molecule has 1 amide bonds. The minimum Gasteiger partial charge on any atom is -0.390 e. The third-order valence-electron chi connectivity index (χ3n) is 5.90. The maximum atomic E-state index is 14.0. The van der Waals surface area contributed by atoms with Crippen LogP contribution in [0.15, 0.2) is 42.5 Å². The summed E-state index contributed by atoms with van der Waals surface area (Å²) < 4.78 is 29.9. The van der Waals surface area contributed by atoms with E-state index in [2.05, 4.69) is 5.32 Å². The SMILES string of the molecule is CCC(C)(O)CC(=O)N1CCn2c(nc(-c3cccc(F)c3)c2Nc2ccc(Cl)c(F)c2)C1. The molecule has 9 heteroatoms. The minimum atomic E-state index is -1.07. The van der Waals surface area contributed by atoms with Crippen LogP contribution in [0.3, 0.4) is 0 Å². The number of aromatic nitrogens is 2. The van der Waals surface area contributed by atoms with Gasteiger partial charge in [-0.25, -0.2) is 13.8 Å². The molecular weight excluding hydrogens is 450 g/mol. The van der Waals surface area contributed by atoms with Crippen LogP contribution in [0, 0.1) is 11.6 Å². The number of benzene rings is 2. The van der Waals surface area contributed by atoms with Crippen molar-refractivity contribution in [3.05, 3.63) is 64.9 Å². The summed E-state index contributed by atoms with van der Waals surface area (Å²) >= 11 is 5.81. The fourth-order valence-electron chi connectivity index (χ4n) is 3.78. The third-order valence-corrected chi connectivity index (χ3v) is 6.21. The van der Waals surface area contributed by atoms with Crippen molar-refractivity contribution in [1.29, 1.82) is 0 Å². The van der Waals surface area contributed by atoms with E-state index in [0.29, 0.717) is 48.1 Å². The summed E-state index contributed by atoms with van der Waals surface area (Å²) in [5.41, 5.74) is 0.451. The summed E-state index contributed by atoms with van der Waals surface area (Å²) in [6, 6.07) is 10.4. The molecule has 1 atom stereocenters. The van der Waals surface area contributed by atoms with E-state index in [1.165, 1.54) is 24.3 Å². The zero-order valence-corrected chi connectivity index (χ0v) is 19.2. The number of fused-ring (bicyclic) bond motifs is 1. The molecule has 2 N–H and O–H groups in total. The molecular formula is C24H25ClF2N4O2. The highest BCUT2D eigenvalue weighted by atomic mass is 35.5. The molecule has 33 heavy (non-hydrogen) atoms. The van der Waals surface area contributed by atoms with Gasteiger partial charge >= 0.3 is 0 Å². The molecule has 0 fully saturated rings. The number of carbonyl (C=O) groups excluding carboxylic acids is 1. The number of hydrogen-bond acceptors (Lipinski definition) is 4. The highest BCUT2D eigenvalue weighted by Crippen LogP contribution is 2.34. The van der Waals surface area contributed by atoms with Crippen molar-refractivity contribution in [3.63, 3.8) is 0 Å². The van der Waals surface area contributed by atoms with Gasteiger partial charge in [-0.05, 0) is 43.7 Å². The van der Waals surface area contributed by atoms with E-state index >= 15 is 0 Å². The summed E-state index contributed by atoms with van der Waals surface area (Å²) in [5.74, 6) is 0.0669.